The van der Waals surface area contributed by atoms with E-state index in [2.05, 4.69) is 4.99 Å². The van der Waals surface area contributed by atoms with E-state index in [4.69, 9.17) is 16.3 Å². The topological polar surface area (TPSA) is 55.7 Å². The Hall–Kier alpha value is -1.68. The average molecular weight is 252 g/mol. The minimum Gasteiger partial charge on any atom is -0.461 e. The van der Waals surface area contributed by atoms with Crippen LogP contribution < -0.4 is 0 Å². The molecule has 0 aromatic heterocycles. The second-order valence-electron chi connectivity index (χ2n) is 3.54. The van der Waals surface area contributed by atoms with Gasteiger partial charge in [-0.2, -0.15) is 0 Å². The lowest BCUT2D eigenvalue weighted by atomic mass is 10.0. The van der Waals surface area contributed by atoms with Gasteiger partial charge in [0.25, 0.3) is 0 Å². The number of halogens is 1. The molecule has 0 N–H and O–H groups in total. The van der Waals surface area contributed by atoms with Crippen molar-refractivity contribution < 1.29 is 14.3 Å². The van der Waals surface area contributed by atoms with Gasteiger partial charge >= 0.3 is 5.97 Å². The molecule has 1 aliphatic rings. The minimum atomic E-state index is -0.550. The number of hydrogen-bond acceptors (Lipinski definition) is 4. The van der Waals surface area contributed by atoms with Crippen molar-refractivity contribution in [3.8, 4) is 0 Å². The first-order valence-corrected chi connectivity index (χ1v) is 5.57. The van der Waals surface area contributed by atoms with Crippen molar-refractivity contribution in [2.75, 3.05) is 6.61 Å². The predicted octanol–water partition coefficient (Wildman–Crippen LogP) is 2.56. The van der Waals surface area contributed by atoms with Gasteiger partial charge in [0, 0.05) is 10.6 Å². The van der Waals surface area contributed by atoms with Crippen molar-refractivity contribution >= 4 is 34.8 Å². The normalized spacial score (nSPS) is 14.0. The average Bonchev–Trinajstić information content (AvgIpc) is 2.28. The molecule has 0 bridgehead atoms. The van der Waals surface area contributed by atoms with Crippen LogP contribution >= 0.6 is 11.6 Å². The number of ether oxygens (including phenoxy) is 1. The van der Waals surface area contributed by atoms with E-state index in [-0.39, 0.29) is 24.5 Å². The van der Waals surface area contributed by atoms with Crippen molar-refractivity contribution in [2.45, 2.75) is 13.3 Å². The first-order chi connectivity index (χ1) is 8.11. The molecular formula is C12H10ClNO3. The van der Waals surface area contributed by atoms with Crippen LogP contribution in [0.25, 0.3) is 0 Å². The summed E-state index contributed by atoms with van der Waals surface area (Å²) in [4.78, 5) is 27.4. The Kier molecular flexibility index (Phi) is 3.24. The Bertz CT molecular complexity index is 522. The molecule has 4 nitrogen and oxygen atoms in total. The van der Waals surface area contributed by atoms with Gasteiger partial charge in [0.05, 0.1) is 18.7 Å². The number of fused-ring (bicyclic) bond motifs is 1. The van der Waals surface area contributed by atoms with Gasteiger partial charge in [0.15, 0.2) is 5.78 Å². The summed E-state index contributed by atoms with van der Waals surface area (Å²) < 4.78 is 4.82. The summed E-state index contributed by atoms with van der Waals surface area (Å²) >= 11 is 5.82. The van der Waals surface area contributed by atoms with E-state index >= 15 is 0 Å². The van der Waals surface area contributed by atoms with Crippen LogP contribution in [0.2, 0.25) is 5.02 Å². The number of hydrogen-bond donors (Lipinski definition) is 0. The van der Waals surface area contributed by atoms with Crippen LogP contribution in [0.1, 0.15) is 23.7 Å². The molecule has 2 rings (SSSR count). The third-order valence-electron chi connectivity index (χ3n) is 2.35. The van der Waals surface area contributed by atoms with Crippen molar-refractivity contribution in [3.63, 3.8) is 0 Å². The molecule has 0 atom stereocenters. The van der Waals surface area contributed by atoms with Gasteiger partial charge in [-0.05, 0) is 25.1 Å². The first kappa shape index (κ1) is 11.8. The minimum absolute atomic E-state index is 0.0204. The lowest BCUT2D eigenvalue weighted by molar-refractivity contribution is -0.135. The number of benzene rings is 1. The molecule has 1 aliphatic heterocycles. The van der Waals surface area contributed by atoms with Crippen LogP contribution in [0.5, 0.6) is 0 Å². The maximum absolute atomic E-state index is 11.8. The fraction of sp³-hybridized carbons (Fsp3) is 0.250. The van der Waals surface area contributed by atoms with E-state index < -0.39 is 5.97 Å². The Morgan fingerprint density at radius 2 is 2.29 bits per heavy atom. The SMILES string of the molecule is CCOC(=O)C1=Nc2cc(Cl)ccc2C(=O)C1. The Labute approximate surface area is 103 Å². The summed E-state index contributed by atoms with van der Waals surface area (Å²) in [6, 6.07) is 4.81. The number of ketones is 1. The summed E-state index contributed by atoms with van der Waals surface area (Å²) in [5, 5.41) is 0.477. The molecule has 0 unspecified atom stereocenters. The third kappa shape index (κ3) is 2.36. The zero-order chi connectivity index (χ0) is 12.4. The second-order valence-corrected chi connectivity index (χ2v) is 3.98. The second kappa shape index (κ2) is 4.67. The highest BCUT2D eigenvalue weighted by molar-refractivity contribution is 6.42. The van der Waals surface area contributed by atoms with Crippen LogP contribution in [-0.4, -0.2) is 24.1 Å². The van der Waals surface area contributed by atoms with Gasteiger partial charge in [0.2, 0.25) is 0 Å². The highest BCUT2D eigenvalue weighted by Gasteiger charge is 2.25. The Morgan fingerprint density at radius 3 is 3.00 bits per heavy atom. The summed E-state index contributed by atoms with van der Waals surface area (Å²) in [6.07, 6.45) is -0.0204. The lowest BCUT2D eigenvalue weighted by Gasteiger charge is -2.13. The predicted molar refractivity (Wildman–Crippen MR) is 64.1 cm³/mol. The quantitative estimate of drug-likeness (QED) is 0.759. The van der Waals surface area contributed by atoms with Crippen LogP contribution in [0.4, 0.5) is 5.69 Å². The van der Waals surface area contributed by atoms with Gasteiger partial charge in [-0.25, -0.2) is 9.79 Å². The van der Waals surface area contributed by atoms with Crippen molar-refractivity contribution in [1.29, 1.82) is 0 Å². The first-order valence-electron chi connectivity index (χ1n) is 5.19. The van der Waals surface area contributed by atoms with Gasteiger partial charge in [-0.15, -0.1) is 0 Å². The fourth-order valence-electron chi connectivity index (χ4n) is 1.60. The summed E-state index contributed by atoms with van der Waals surface area (Å²) in [5.41, 5.74) is 1.05. The number of carbonyl (C=O) groups excluding carboxylic acids is 2. The molecule has 0 fully saturated rings. The zero-order valence-corrected chi connectivity index (χ0v) is 9.95. The van der Waals surface area contributed by atoms with E-state index in [1.165, 1.54) is 0 Å². The smallest absolute Gasteiger partial charge is 0.353 e. The van der Waals surface area contributed by atoms with E-state index in [1.807, 2.05) is 0 Å². The number of rotatable bonds is 2. The molecule has 17 heavy (non-hydrogen) atoms. The molecule has 0 aliphatic carbocycles. The molecule has 1 heterocycles. The highest BCUT2D eigenvalue weighted by Crippen LogP contribution is 2.29. The molecule has 0 radical (unpaired) electrons. The summed E-state index contributed by atoms with van der Waals surface area (Å²) in [6.45, 7) is 1.96. The van der Waals surface area contributed by atoms with Gasteiger partial charge in [0.1, 0.15) is 5.71 Å². The summed E-state index contributed by atoms with van der Waals surface area (Å²) in [5.74, 6) is -0.693. The number of carbonyl (C=O) groups is 2. The van der Waals surface area contributed by atoms with Crippen LogP contribution in [0.3, 0.4) is 0 Å². The number of aliphatic imine (C=N–C) groups is 1. The molecule has 0 saturated heterocycles. The van der Waals surface area contributed by atoms with E-state index in [0.717, 1.165) is 0 Å². The van der Waals surface area contributed by atoms with Gasteiger partial charge < -0.3 is 4.74 Å². The van der Waals surface area contributed by atoms with E-state index in [1.54, 1.807) is 25.1 Å². The molecule has 1 aromatic carbocycles. The maximum Gasteiger partial charge on any atom is 0.353 e. The summed E-state index contributed by atoms with van der Waals surface area (Å²) in [7, 11) is 0. The van der Waals surface area contributed by atoms with E-state index in [9.17, 15) is 9.59 Å². The molecular weight excluding hydrogens is 242 g/mol. The Balaban J connectivity index is 2.41. The van der Waals surface area contributed by atoms with Gasteiger partial charge in [-0.3, -0.25) is 4.79 Å². The van der Waals surface area contributed by atoms with Gasteiger partial charge in [-0.1, -0.05) is 11.6 Å². The maximum atomic E-state index is 11.8. The largest absolute Gasteiger partial charge is 0.461 e. The standard InChI is InChI=1S/C12H10ClNO3/c1-2-17-12(16)10-6-11(15)8-4-3-7(13)5-9(8)14-10/h3-5H,2,6H2,1H3. The highest BCUT2D eigenvalue weighted by atomic mass is 35.5. The molecule has 0 saturated carbocycles. The van der Waals surface area contributed by atoms with Crippen LogP contribution in [0.15, 0.2) is 23.2 Å². The van der Waals surface area contributed by atoms with Crippen LogP contribution in [-0.2, 0) is 9.53 Å². The fourth-order valence-corrected chi connectivity index (χ4v) is 1.76. The monoisotopic (exact) mass is 251 g/mol. The lowest BCUT2D eigenvalue weighted by Crippen LogP contribution is -2.23. The van der Waals surface area contributed by atoms with Crippen molar-refractivity contribution in [3.05, 3.63) is 28.8 Å². The number of nitrogens with zero attached hydrogens (tertiary/aromatic N) is 1. The van der Waals surface area contributed by atoms with Crippen molar-refractivity contribution in [2.24, 2.45) is 4.99 Å². The van der Waals surface area contributed by atoms with E-state index in [0.29, 0.717) is 16.3 Å². The van der Waals surface area contributed by atoms with Crippen molar-refractivity contribution in [1.82, 2.24) is 0 Å². The molecule has 1 aromatic rings. The number of Topliss-reactive ketones (excluding diaryl/α,β-unsaturated/α-hetero) is 1. The Morgan fingerprint density at radius 1 is 1.53 bits per heavy atom. The zero-order valence-electron chi connectivity index (χ0n) is 9.20. The molecule has 88 valence electrons. The molecule has 0 amide bonds. The number of esters is 1. The third-order valence-corrected chi connectivity index (χ3v) is 2.59. The molecule has 0 spiro atoms. The molecule has 5 heteroatoms. The van der Waals surface area contributed by atoms with Crippen LogP contribution in [0, 0.1) is 0 Å².